The van der Waals surface area contributed by atoms with E-state index in [9.17, 15) is 9.18 Å². The highest BCUT2D eigenvalue weighted by Crippen LogP contribution is 2.19. The van der Waals surface area contributed by atoms with Crippen LogP contribution in [0, 0.1) is 17.1 Å². The zero-order valence-electron chi connectivity index (χ0n) is 9.09. The van der Waals surface area contributed by atoms with Crippen LogP contribution in [0.1, 0.15) is 16.1 Å². The molecular formula is C13H7FN2O2. The lowest BCUT2D eigenvalue weighted by atomic mass is 10.1. The molecule has 0 atom stereocenters. The van der Waals surface area contributed by atoms with E-state index < -0.39 is 11.8 Å². The summed E-state index contributed by atoms with van der Waals surface area (Å²) in [6, 6.07) is 9.96. The van der Waals surface area contributed by atoms with Gasteiger partial charge in [0.25, 0.3) is 0 Å². The summed E-state index contributed by atoms with van der Waals surface area (Å²) >= 11 is 0. The molecule has 0 saturated heterocycles. The van der Waals surface area contributed by atoms with Gasteiger partial charge in [0.15, 0.2) is 0 Å². The first kappa shape index (κ1) is 11.7. The second-order valence-corrected chi connectivity index (χ2v) is 3.55. The van der Waals surface area contributed by atoms with E-state index in [0.29, 0.717) is 11.3 Å². The van der Waals surface area contributed by atoms with Gasteiger partial charge in [0, 0.05) is 5.56 Å². The van der Waals surface area contributed by atoms with Crippen LogP contribution >= 0.6 is 0 Å². The van der Waals surface area contributed by atoms with Crippen molar-refractivity contribution in [1.82, 2.24) is 4.98 Å². The Labute approximate surface area is 102 Å². The number of carbonyl (C=O) groups is 1. The highest BCUT2D eigenvalue weighted by Gasteiger charge is 2.10. The van der Waals surface area contributed by atoms with Gasteiger partial charge in [-0.05, 0) is 36.4 Å². The number of aromatic carboxylic acids is 1. The summed E-state index contributed by atoms with van der Waals surface area (Å²) in [4.78, 5) is 14.8. The summed E-state index contributed by atoms with van der Waals surface area (Å²) < 4.78 is 12.8. The quantitative estimate of drug-likeness (QED) is 0.877. The van der Waals surface area contributed by atoms with Crippen LogP contribution in [0.25, 0.3) is 11.3 Å². The number of nitrogens with zero attached hydrogens (tertiary/aromatic N) is 2. The molecule has 0 aliphatic heterocycles. The third kappa shape index (κ3) is 2.33. The van der Waals surface area contributed by atoms with Crippen molar-refractivity contribution in [3.8, 4) is 17.3 Å². The van der Waals surface area contributed by atoms with Crippen LogP contribution in [0.2, 0.25) is 0 Å². The minimum Gasteiger partial charge on any atom is -0.477 e. The van der Waals surface area contributed by atoms with Crippen LogP contribution in [0.4, 0.5) is 4.39 Å². The number of aromatic nitrogens is 1. The molecule has 0 aliphatic carbocycles. The van der Waals surface area contributed by atoms with Gasteiger partial charge in [-0.3, -0.25) is 0 Å². The summed E-state index contributed by atoms with van der Waals surface area (Å²) in [5, 5.41) is 17.7. The molecular weight excluding hydrogens is 235 g/mol. The van der Waals surface area contributed by atoms with Crippen LogP contribution in [-0.4, -0.2) is 16.1 Å². The predicted molar refractivity (Wildman–Crippen MR) is 61.3 cm³/mol. The van der Waals surface area contributed by atoms with Crippen LogP contribution < -0.4 is 0 Å². The van der Waals surface area contributed by atoms with Crippen molar-refractivity contribution in [2.24, 2.45) is 0 Å². The fourth-order valence-corrected chi connectivity index (χ4v) is 1.47. The van der Waals surface area contributed by atoms with Gasteiger partial charge in [-0.25, -0.2) is 14.2 Å². The van der Waals surface area contributed by atoms with E-state index in [-0.39, 0.29) is 11.3 Å². The van der Waals surface area contributed by atoms with Gasteiger partial charge in [-0.15, -0.1) is 0 Å². The molecule has 1 N–H and O–H groups in total. The zero-order valence-corrected chi connectivity index (χ0v) is 9.09. The molecule has 5 heteroatoms. The molecule has 2 rings (SSSR count). The average Bonchev–Trinajstić information content (AvgIpc) is 2.39. The van der Waals surface area contributed by atoms with Gasteiger partial charge in [-0.1, -0.05) is 0 Å². The monoisotopic (exact) mass is 242 g/mol. The lowest BCUT2D eigenvalue weighted by Crippen LogP contribution is -2.02. The number of halogens is 1. The molecule has 0 spiro atoms. The van der Waals surface area contributed by atoms with Crippen LogP contribution in [0.3, 0.4) is 0 Å². The molecule has 0 aliphatic rings. The number of pyridine rings is 1. The summed E-state index contributed by atoms with van der Waals surface area (Å²) in [5.74, 6) is -1.61. The predicted octanol–water partition coefficient (Wildman–Crippen LogP) is 2.46. The molecule has 0 saturated carbocycles. The van der Waals surface area contributed by atoms with Crippen molar-refractivity contribution in [3.63, 3.8) is 0 Å². The number of rotatable bonds is 2. The Balaban J connectivity index is 2.57. The summed E-state index contributed by atoms with van der Waals surface area (Å²) in [5.41, 5.74) is 0.859. The topological polar surface area (TPSA) is 74.0 Å². The Morgan fingerprint density at radius 2 is 1.94 bits per heavy atom. The van der Waals surface area contributed by atoms with Crippen molar-refractivity contribution >= 4 is 5.97 Å². The smallest absolute Gasteiger partial charge is 0.354 e. The summed E-state index contributed by atoms with van der Waals surface area (Å²) in [7, 11) is 0. The first-order valence-electron chi connectivity index (χ1n) is 5.01. The lowest BCUT2D eigenvalue weighted by molar-refractivity contribution is 0.0690. The number of nitriles is 1. The fourth-order valence-electron chi connectivity index (χ4n) is 1.47. The van der Waals surface area contributed by atoms with Crippen molar-refractivity contribution < 1.29 is 14.3 Å². The minimum absolute atomic E-state index is 0.196. The van der Waals surface area contributed by atoms with Crippen LogP contribution in [0.5, 0.6) is 0 Å². The van der Waals surface area contributed by atoms with Crippen molar-refractivity contribution in [2.45, 2.75) is 0 Å². The Bertz CT molecular complexity index is 645. The van der Waals surface area contributed by atoms with Gasteiger partial charge in [-0.2, -0.15) is 5.26 Å². The van der Waals surface area contributed by atoms with Crippen LogP contribution in [-0.2, 0) is 0 Å². The van der Waals surface area contributed by atoms with E-state index in [1.165, 1.54) is 36.4 Å². The zero-order chi connectivity index (χ0) is 13.1. The largest absolute Gasteiger partial charge is 0.477 e. The average molecular weight is 242 g/mol. The molecule has 88 valence electrons. The van der Waals surface area contributed by atoms with Crippen molar-refractivity contribution in [2.75, 3.05) is 0 Å². The molecule has 1 aromatic carbocycles. The van der Waals surface area contributed by atoms with E-state index in [1.54, 1.807) is 0 Å². The van der Waals surface area contributed by atoms with Crippen molar-refractivity contribution in [1.29, 1.82) is 5.26 Å². The molecule has 0 radical (unpaired) electrons. The number of carboxylic acid groups (broad SMARTS) is 1. The Kier molecular flexibility index (Phi) is 3.02. The first-order valence-corrected chi connectivity index (χ1v) is 5.01. The molecule has 2 aromatic rings. The molecule has 0 fully saturated rings. The third-order valence-electron chi connectivity index (χ3n) is 2.31. The highest BCUT2D eigenvalue weighted by molar-refractivity contribution is 5.86. The maximum Gasteiger partial charge on any atom is 0.354 e. The number of carboxylic acids is 1. The van der Waals surface area contributed by atoms with Gasteiger partial charge < -0.3 is 5.11 Å². The van der Waals surface area contributed by atoms with Crippen LogP contribution in [0.15, 0.2) is 36.4 Å². The second kappa shape index (κ2) is 4.63. The minimum atomic E-state index is -1.21. The second-order valence-electron chi connectivity index (χ2n) is 3.55. The first-order chi connectivity index (χ1) is 8.60. The van der Waals surface area contributed by atoms with E-state index >= 15 is 0 Å². The normalized spacial score (nSPS) is 9.78. The van der Waals surface area contributed by atoms with Gasteiger partial charge in [0.1, 0.15) is 11.5 Å². The Morgan fingerprint density at radius 3 is 2.50 bits per heavy atom. The summed E-state index contributed by atoms with van der Waals surface area (Å²) in [6.45, 7) is 0. The lowest BCUT2D eigenvalue weighted by Gasteiger charge is -2.03. The van der Waals surface area contributed by atoms with Gasteiger partial charge >= 0.3 is 5.97 Å². The van der Waals surface area contributed by atoms with Gasteiger partial charge in [0.05, 0.1) is 17.3 Å². The molecule has 0 unspecified atom stereocenters. The summed E-state index contributed by atoms with van der Waals surface area (Å²) in [6.07, 6.45) is 0. The standard InChI is InChI=1S/C13H7FN2O2/c14-10-3-1-9(2-4-10)11-5-8(7-15)6-12(16-11)13(17)18/h1-6H,(H,17,18). The molecule has 0 bridgehead atoms. The number of hydrogen-bond acceptors (Lipinski definition) is 3. The maximum absolute atomic E-state index is 12.8. The number of benzene rings is 1. The molecule has 18 heavy (non-hydrogen) atoms. The van der Waals surface area contributed by atoms with E-state index in [4.69, 9.17) is 10.4 Å². The van der Waals surface area contributed by atoms with Crippen molar-refractivity contribution in [3.05, 3.63) is 53.5 Å². The highest BCUT2D eigenvalue weighted by atomic mass is 19.1. The maximum atomic E-state index is 12.8. The molecule has 1 aromatic heterocycles. The Morgan fingerprint density at radius 1 is 1.28 bits per heavy atom. The number of hydrogen-bond donors (Lipinski definition) is 1. The molecule has 0 amide bonds. The molecule has 4 nitrogen and oxygen atoms in total. The SMILES string of the molecule is N#Cc1cc(C(=O)O)nc(-c2ccc(F)cc2)c1. The molecule has 1 heterocycles. The fraction of sp³-hybridized carbons (Fsp3) is 0. The Hall–Kier alpha value is -2.74. The van der Waals surface area contributed by atoms with E-state index in [0.717, 1.165) is 0 Å². The third-order valence-corrected chi connectivity index (χ3v) is 2.31. The van der Waals surface area contributed by atoms with Gasteiger partial charge in [0.2, 0.25) is 0 Å². The van der Waals surface area contributed by atoms with E-state index in [1.807, 2.05) is 6.07 Å². The van der Waals surface area contributed by atoms with E-state index in [2.05, 4.69) is 4.98 Å².